The summed E-state index contributed by atoms with van der Waals surface area (Å²) in [5.74, 6) is 0.888. The molecule has 0 saturated heterocycles. The molecule has 1 heterocycles. The van der Waals surface area contributed by atoms with Crippen LogP contribution in [0.1, 0.15) is 26.0 Å². The van der Waals surface area contributed by atoms with Crippen LogP contribution in [0.3, 0.4) is 0 Å². The molecule has 0 amide bonds. The van der Waals surface area contributed by atoms with Crippen LogP contribution in [-0.4, -0.2) is 43.2 Å². The summed E-state index contributed by atoms with van der Waals surface area (Å²) in [5, 5.41) is 3.99. The minimum Gasteiger partial charge on any atom is -0.380 e. The molecule has 4 nitrogen and oxygen atoms in total. The standard InChI is InChI=1S/C14H24ClN3O/c1-4-8-16-14-7-6-12(15)13(17-14)11-18(3)9-10-19-5-2/h6-7H,4-5,8-11H2,1-3H3,(H,16,17). The lowest BCUT2D eigenvalue weighted by atomic mass is 10.3. The van der Waals surface area contributed by atoms with E-state index in [4.69, 9.17) is 16.3 Å². The molecule has 0 radical (unpaired) electrons. The van der Waals surface area contributed by atoms with Gasteiger partial charge in [-0.05, 0) is 32.5 Å². The molecule has 1 aromatic rings. The highest BCUT2D eigenvalue weighted by atomic mass is 35.5. The molecule has 108 valence electrons. The first-order chi connectivity index (χ1) is 9.17. The number of nitrogens with zero attached hydrogens (tertiary/aromatic N) is 2. The number of anilines is 1. The van der Waals surface area contributed by atoms with Gasteiger partial charge in [-0.1, -0.05) is 18.5 Å². The third-order valence-electron chi connectivity index (χ3n) is 2.72. The topological polar surface area (TPSA) is 37.4 Å². The van der Waals surface area contributed by atoms with Crippen LogP contribution in [0.5, 0.6) is 0 Å². The minimum atomic E-state index is 0.713. The maximum Gasteiger partial charge on any atom is 0.126 e. The van der Waals surface area contributed by atoms with Gasteiger partial charge in [0.2, 0.25) is 0 Å². The van der Waals surface area contributed by atoms with Gasteiger partial charge in [-0.25, -0.2) is 4.98 Å². The van der Waals surface area contributed by atoms with Crippen molar-refractivity contribution in [1.82, 2.24) is 9.88 Å². The van der Waals surface area contributed by atoms with Crippen LogP contribution in [0.15, 0.2) is 12.1 Å². The van der Waals surface area contributed by atoms with Crippen molar-refractivity contribution in [2.75, 3.05) is 38.7 Å². The van der Waals surface area contributed by atoms with Gasteiger partial charge < -0.3 is 10.1 Å². The maximum absolute atomic E-state index is 6.19. The van der Waals surface area contributed by atoms with Crippen molar-refractivity contribution in [2.45, 2.75) is 26.8 Å². The summed E-state index contributed by atoms with van der Waals surface area (Å²) in [5.41, 5.74) is 0.904. The predicted molar refractivity (Wildman–Crippen MR) is 80.9 cm³/mol. The van der Waals surface area contributed by atoms with Crippen LogP contribution >= 0.6 is 11.6 Å². The molecule has 19 heavy (non-hydrogen) atoms. The first kappa shape index (κ1) is 16.2. The highest BCUT2D eigenvalue weighted by molar-refractivity contribution is 6.31. The molecule has 5 heteroatoms. The predicted octanol–water partition coefficient (Wildman–Crippen LogP) is 3.03. The Kier molecular flexibility index (Phi) is 7.79. The van der Waals surface area contributed by atoms with Crippen LogP contribution in [0, 0.1) is 0 Å². The van der Waals surface area contributed by atoms with Crippen LogP contribution in [0.25, 0.3) is 0 Å². The Bertz CT molecular complexity index is 374. The van der Waals surface area contributed by atoms with E-state index in [0.717, 1.165) is 50.8 Å². The van der Waals surface area contributed by atoms with E-state index in [1.54, 1.807) is 0 Å². The number of rotatable bonds is 9. The smallest absolute Gasteiger partial charge is 0.126 e. The lowest BCUT2D eigenvalue weighted by Crippen LogP contribution is -2.23. The molecule has 0 aliphatic rings. The number of nitrogens with one attached hydrogen (secondary N) is 1. The molecular weight excluding hydrogens is 262 g/mol. The van der Waals surface area contributed by atoms with Crippen molar-refractivity contribution < 1.29 is 4.74 Å². The molecule has 1 rings (SSSR count). The Morgan fingerprint density at radius 1 is 1.37 bits per heavy atom. The number of hydrogen-bond donors (Lipinski definition) is 1. The van der Waals surface area contributed by atoms with Crippen molar-refractivity contribution in [3.05, 3.63) is 22.8 Å². The molecule has 0 bridgehead atoms. The summed E-state index contributed by atoms with van der Waals surface area (Å²) >= 11 is 6.19. The van der Waals surface area contributed by atoms with E-state index in [0.29, 0.717) is 5.02 Å². The fourth-order valence-corrected chi connectivity index (χ4v) is 1.81. The normalized spacial score (nSPS) is 11.0. The number of hydrogen-bond acceptors (Lipinski definition) is 4. The Labute approximate surface area is 121 Å². The van der Waals surface area contributed by atoms with Crippen LogP contribution in [0.2, 0.25) is 5.02 Å². The van der Waals surface area contributed by atoms with Crippen molar-refractivity contribution in [2.24, 2.45) is 0 Å². The van der Waals surface area contributed by atoms with Crippen LogP contribution in [0.4, 0.5) is 5.82 Å². The molecule has 0 spiro atoms. The number of aromatic nitrogens is 1. The second-order valence-corrected chi connectivity index (χ2v) is 4.89. The molecule has 1 aromatic heterocycles. The summed E-state index contributed by atoms with van der Waals surface area (Å²) in [6.45, 7) is 8.15. The van der Waals surface area contributed by atoms with Crippen molar-refractivity contribution >= 4 is 17.4 Å². The molecule has 0 saturated carbocycles. The van der Waals surface area contributed by atoms with Gasteiger partial charge in [0.1, 0.15) is 5.82 Å². The van der Waals surface area contributed by atoms with Crippen molar-refractivity contribution in [3.8, 4) is 0 Å². The summed E-state index contributed by atoms with van der Waals surface area (Å²) in [6, 6.07) is 3.82. The largest absolute Gasteiger partial charge is 0.380 e. The summed E-state index contributed by atoms with van der Waals surface area (Å²) in [7, 11) is 2.04. The lowest BCUT2D eigenvalue weighted by molar-refractivity contribution is 0.120. The maximum atomic E-state index is 6.19. The summed E-state index contributed by atoms with van der Waals surface area (Å²) in [6.07, 6.45) is 1.08. The molecule has 0 unspecified atom stereocenters. The van der Waals surface area contributed by atoms with Crippen LogP contribution < -0.4 is 5.32 Å². The van der Waals surface area contributed by atoms with Crippen molar-refractivity contribution in [3.63, 3.8) is 0 Å². The van der Waals surface area contributed by atoms with Gasteiger partial charge in [0.25, 0.3) is 0 Å². The first-order valence-electron chi connectivity index (χ1n) is 6.83. The van der Waals surface area contributed by atoms with Gasteiger partial charge in [0, 0.05) is 26.2 Å². The third-order valence-corrected chi connectivity index (χ3v) is 3.06. The number of pyridine rings is 1. The molecule has 0 atom stereocenters. The average Bonchev–Trinajstić information content (AvgIpc) is 2.40. The van der Waals surface area contributed by atoms with E-state index in [9.17, 15) is 0 Å². The zero-order chi connectivity index (χ0) is 14.1. The Morgan fingerprint density at radius 2 is 2.16 bits per heavy atom. The number of halogens is 1. The molecule has 0 aromatic carbocycles. The van der Waals surface area contributed by atoms with E-state index in [1.165, 1.54) is 0 Å². The number of ether oxygens (including phenoxy) is 1. The fraction of sp³-hybridized carbons (Fsp3) is 0.643. The molecule has 0 aliphatic heterocycles. The van der Waals surface area contributed by atoms with Gasteiger partial charge in [-0.15, -0.1) is 0 Å². The molecule has 0 aliphatic carbocycles. The number of likely N-dealkylation sites (N-methyl/N-ethyl adjacent to an activating group) is 1. The van der Waals surface area contributed by atoms with Crippen LogP contribution in [-0.2, 0) is 11.3 Å². The minimum absolute atomic E-state index is 0.713. The molecule has 1 N–H and O–H groups in total. The van der Waals surface area contributed by atoms with E-state index < -0.39 is 0 Å². The quantitative estimate of drug-likeness (QED) is 0.708. The third kappa shape index (κ3) is 6.23. The van der Waals surface area contributed by atoms with Gasteiger partial charge in [-0.3, -0.25) is 4.90 Å². The summed E-state index contributed by atoms with van der Waals surface area (Å²) in [4.78, 5) is 6.71. The zero-order valence-corrected chi connectivity index (χ0v) is 12.8. The Balaban J connectivity index is 2.55. The highest BCUT2D eigenvalue weighted by Crippen LogP contribution is 2.18. The monoisotopic (exact) mass is 285 g/mol. The van der Waals surface area contributed by atoms with Crippen molar-refractivity contribution in [1.29, 1.82) is 0 Å². The second-order valence-electron chi connectivity index (χ2n) is 4.49. The van der Waals surface area contributed by atoms with E-state index in [-0.39, 0.29) is 0 Å². The van der Waals surface area contributed by atoms with E-state index in [1.807, 2.05) is 26.1 Å². The second kappa shape index (κ2) is 9.13. The van der Waals surface area contributed by atoms with Gasteiger partial charge in [0.15, 0.2) is 0 Å². The Morgan fingerprint density at radius 3 is 2.84 bits per heavy atom. The van der Waals surface area contributed by atoms with Gasteiger partial charge >= 0.3 is 0 Å². The lowest BCUT2D eigenvalue weighted by Gasteiger charge is -2.17. The zero-order valence-electron chi connectivity index (χ0n) is 12.1. The first-order valence-corrected chi connectivity index (χ1v) is 7.20. The molecular formula is C14H24ClN3O. The average molecular weight is 286 g/mol. The molecule has 0 fully saturated rings. The summed E-state index contributed by atoms with van der Waals surface area (Å²) < 4.78 is 5.34. The van der Waals surface area contributed by atoms with E-state index >= 15 is 0 Å². The van der Waals surface area contributed by atoms with E-state index in [2.05, 4.69) is 22.1 Å². The Hall–Kier alpha value is -0.840. The van der Waals surface area contributed by atoms with Gasteiger partial charge in [-0.2, -0.15) is 0 Å². The SMILES string of the molecule is CCCNc1ccc(Cl)c(CN(C)CCOCC)n1. The highest BCUT2D eigenvalue weighted by Gasteiger charge is 2.07. The van der Waals surface area contributed by atoms with Gasteiger partial charge in [0.05, 0.1) is 17.3 Å². The fourth-order valence-electron chi connectivity index (χ4n) is 1.65.